The molecule has 1 aromatic heterocycles. The third-order valence-electron chi connectivity index (χ3n) is 3.84. The SMILES string of the molecule is Cc1ccc(NC(=O)NC(=O)c2ccccc2[N+](=O)[O-])cc1Oc1ccc(Cl)nn1. The molecule has 0 atom stereocenters. The number of hydrogen-bond donors (Lipinski definition) is 2. The molecule has 10 nitrogen and oxygen atoms in total. The molecule has 3 aromatic rings. The summed E-state index contributed by atoms with van der Waals surface area (Å²) < 4.78 is 5.63. The van der Waals surface area contributed by atoms with Crippen molar-refractivity contribution in [2.75, 3.05) is 5.32 Å². The molecule has 3 rings (SSSR count). The lowest BCUT2D eigenvalue weighted by molar-refractivity contribution is -0.385. The van der Waals surface area contributed by atoms with Crippen molar-refractivity contribution < 1.29 is 19.2 Å². The molecule has 0 aliphatic heterocycles. The number of nitro groups is 1. The van der Waals surface area contributed by atoms with Gasteiger partial charge in [-0.25, -0.2) is 4.79 Å². The summed E-state index contributed by atoms with van der Waals surface area (Å²) in [5, 5.41) is 23.3. The summed E-state index contributed by atoms with van der Waals surface area (Å²) in [5.41, 5.74) is 0.448. The molecule has 0 saturated carbocycles. The molecule has 0 unspecified atom stereocenters. The van der Waals surface area contributed by atoms with Gasteiger partial charge in [-0.05, 0) is 30.7 Å². The molecule has 0 fully saturated rings. The number of rotatable bonds is 5. The van der Waals surface area contributed by atoms with Crippen LogP contribution in [0.15, 0.2) is 54.6 Å². The van der Waals surface area contributed by atoms with Gasteiger partial charge < -0.3 is 10.1 Å². The molecule has 0 radical (unpaired) electrons. The van der Waals surface area contributed by atoms with Crippen LogP contribution >= 0.6 is 11.6 Å². The number of halogens is 1. The maximum atomic E-state index is 12.2. The lowest BCUT2D eigenvalue weighted by atomic mass is 10.1. The van der Waals surface area contributed by atoms with E-state index in [4.69, 9.17) is 16.3 Å². The Hall–Kier alpha value is -4.05. The van der Waals surface area contributed by atoms with Crippen molar-refractivity contribution in [3.05, 3.63) is 81.0 Å². The van der Waals surface area contributed by atoms with Crippen LogP contribution in [0.25, 0.3) is 0 Å². The van der Waals surface area contributed by atoms with Crippen LogP contribution in [0.3, 0.4) is 0 Å². The van der Waals surface area contributed by atoms with Gasteiger partial charge in [0.25, 0.3) is 11.6 Å². The first-order valence-electron chi connectivity index (χ1n) is 8.47. The smallest absolute Gasteiger partial charge is 0.326 e. The Morgan fingerprint density at radius 3 is 2.57 bits per heavy atom. The van der Waals surface area contributed by atoms with E-state index in [9.17, 15) is 19.7 Å². The van der Waals surface area contributed by atoms with Crippen LogP contribution in [0.1, 0.15) is 15.9 Å². The first kappa shape index (κ1) is 20.7. The minimum Gasteiger partial charge on any atom is -0.437 e. The molecule has 2 aromatic carbocycles. The maximum absolute atomic E-state index is 12.2. The van der Waals surface area contributed by atoms with Crippen molar-refractivity contribution >= 4 is 34.9 Å². The molecule has 30 heavy (non-hydrogen) atoms. The molecular weight excluding hydrogens is 414 g/mol. The van der Waals surface area contributed by atoms with Crippen LogP contribution < -0.4 is 15.4 Å². The highest BCUT2D eigenvalue weighted by atomic mass is 35.5. The van der Waals surface area contributed by atoms with Crippen LogP contribution in [0, 0.1) is 17.0 Å². The number of hydrogen-bond acceptors (Lipinski definition) is 7. The van der Waals surface area contributed by atoms with E-state index in [1.165, 1.54) is 42.5 Å². The molecule has 152 valence electrons. The number of ether oxygens (including phenoxy) is 1. The number of nitrogens with zero attached hydrogens (tertiary/aromatic N) is 3. The Balaban J connectivity index is 1.70. The molecule has 0 bridgehead atoms. The number of nitrogens with one attached hydrogen (secondary N) is 2. The number of carbonyl (C=O) groups excluding carboxylic acids is 2. The number of urea groups is 1. The fourth-order valence-corrected chi connectivity index (χ4v) is 2.52. The van der Waals surface area contributed by atoms with Crippen LogP contribution in [0.5, 0.6) is 11.6 Å². The summed E-state index contributed by atoms with van der Waals surface area (Å²) in [6, 6.07) is 12.3. The van der Waals surface area contributed by atoms with Gasteiger partial charge in [-0.3, -0.25) is 20.2 Å². The maximum Gasteiger partial charge on any atom is 0.326 e. The van der Waals surface area contributed by atoms with E-state index in [0.717, 1.165) is 5.56 Å². The Morgan fingerprint density at radius 2 is 1.87 bits per heavy atom. The first-order chi connectivity index (χ1) is 14.3. The minimum absolute atomic E-state index is 0.204. The second-order valence-corrected chi connectivity index (χ2v) is 6.35. The Kier molecular flexibility index (Phi) is 6.18. The fraction of sp³-hybridized carbons (Fsp3) is 0.0526. The zero-order valence-corrected chi connectivity index (χ0v) is 16.2. The zero-order valence-electron chi connectivity index (χ0n) is 15.5. The van der Waals surface area contributed by atoms with Gasteiger partial charge in [0.15, 0.2) is 5.15 Å². The Morgan fingerprint density at radius 1 is 1.10 bits per heavy atom. The largest absolute Gasteiger partial charge is 0.437 e. The number of imide groups is 1. The van der Waals surface area contributed by atoms with Crippen molar-refractivity contribution in [1.29, 1.82) is 0 Å². The second-order valence-electron chi connectivity index (χ2n) is 5.96. The van der Waals surface area contributed by atoms with E-state index in [1.54, 1.807) is 19.1 Å². The fourth-order valence-electron chi connectivity index (χ4n) is 2.42. The molecule has 2 N–H and O–H groups in total. The van der Waals surface area contributed by atoms with E-state index in [0.29, 0.717) is 11.4 Å². The van der Waals surface area contributed by atoms with Crippen LogP contribution in [-0.2, 0) is 0 Å². The van der Waals surface area contributed by atoms with E-state index in [2.05, 4.69) is 20.8 Å². The Labute approximate surface area is 175 Å². The van der Waals surface area contributed by atoms with Crippen molar-refractivity contribution in [2.45, 2.75) is 6.92 Å². The first-order valence-corrected chi connectivity index (χ1v) is 8.85. The number of carbonyl (C=O) groups is 2. The van der Waals surface area contributed by atoms with Gasteiger partial charge in [0, 0.05) is 23.9 Å². The molecule has 0 spiro atoms. The molecule has 11 heteroatoms. The van der Waals surface area contributed by atoms with Crippen molar-refractivity contribution in [3.8, 4) is 11.6 Å². The van der Waals surface area contributed by atoms with Gasteiger partial charge in [0.05, 0.1) is 4.92 Å². The molecular formula is C19H14ClN5O5. The number of aromatic nitrogens is 2. The summed E-state index contributed by atoms with van der Waals surface area (Å²) in [6.45, 7) is 1.79. The van der Waals surface area contributed by atoms with Gasteiger partial charge in [0.1, 0.15) is 11.3 Å². The Bertz CT molecular complexity index is 1120. The number of para-hydroxylation sites is 1. The van der Waals surface area contributed by atoms with Crippen LogP contribution in [0.4, 0.5) is 16.2 Å². The lowest BCUT2D eigenvalue weighted by Gasteiger charge is -2.11. The number of anilines is 1. The van der Waals surface area contributed by atoms with Gasteiger partial charge in [-0.1, -0.05) is 29.8 Å². The van der Waals surface area contributed by atoms with Gasteiger partial charge in [-0.2, -0.15) is 0 Å². The highest BCUT2D eigenvalue weighted by Gasteiger charge is 2.21. The summed E-state index contributed by atoms with van der Waals surface area (Å²) in [4.78, 5) is 34.7. The lowest BCUT2D eigenvalue weighted by Crippen LogP contribution is -2.34. The van der Waals surface area contributed by atoms with Gasteiger partial charge >= 0.3 is 6.03 Å². The van der Waals surface area contributed by atoms with Gasteiger partial charge in [-0.15, -0.1) is 10.2 Å². The topological polar surface area (TPSA) is 136 Å². The summed E-state index contributed by atoms with van der Waals surface area (Å²) in [6.07, 6.45) is 0. The van der Waals surface area contributed by atoms with Crippen LogP contribution in [-0.4, -0.2) is 27.1 Å². The average molecular weight is 428 g/mol. The molecule has 0 aliphatic rings. The van der Waals surface area contributed by atoms with Crippen molar-refractivity contribution in [3.63, 3.8) is 0 Å². The normalized spacial score (nSPS) is 10.2. The molecule has 0 saturated heterocycles. The van der Waals surface area contributed by atoms with E-state index in [1.807, 2.05) is 0 Å². The van der Waals surface area contributed by atoms with Crippen molar-refractivity contribution in [1.82, 2.24) is 15.5 Å². The number of aryl methyl sites for hydroxylation is 1. The van der Waals surface area contributed by atoms with Crippen molar-refractivity contribution in [2.24, 2.45) is 0 Å². The quantitative estimate of drug-likeness (QED) is 0.462. The number of amides is 3. The summed E-state index contributed by atoms with van der Waals surface area (Å²) in [7, 11) is 0. The summed E-state index contributed by atoms with van der Waals surface area (Å²) >= 11 is 5.69. The number of benzene rings is 2. The average Bonchev–Trinajstić information content (AvgIpc) is 2.72. The minimum atomic E-state index is -0.903. The summed E-state index contributed by atoms with van der Waals surface area (Å²) in [5.74, 6) is -0.301. The molecule has 0 aliphatic carbocycles. The van der Waals surface area contributed by atoms with E-state index < -0.39 is 22.5 Å². The third-order valence-corrected chi connectivity index (χ3v) is 4.04. The van der Waals surface area contributed by atoms with E-state index in [-0.39, 0.29) is 16.6 Å². The molecule has 3 amide bonds. The van der Waals surface area contributed by atoms with Gasteiger partial charge in [0.2, 0.25) is 5.88 Å². The highest BCUT2D eigenvalue weighted by molar-refractivity contribution is 6.29. The van der Waals surface area contributed by atoms with E-state index >= 15 is 0 Å². The third kappa shape index (κ3) is 5.06. The molecule has 1 heterocycles. The highest BCUT2D eigenvalue weighted by Crippen LogP contribution is 2.27. The number of nitro benzene ring substituents is 1. The monoisotopic (exact) mass is 427 g/mol. The predicted octanol–water partition coefficient (Wildman–Crippen LogP) is 4.10. The zero-order chi connectivity index (χ0) is 21.7. The second kappa shape index (κ2) is 8.97. The standard InChI is InChI=1S/C19H14ClN5O5/c1-11-6-7-12(10-15(11)30-17-9-8-16(20)23-24-17)21-19(27)22-18(26)13-4-2-3-5-14(13)25(28)29/h2-10H,1H3,(H2,21,22,26,27). The predicted molar refractivity (Wildman–Crippen MR) is 108 cm³/mol. The van der Waals surface area contributed by atoms with Crippen LogP contribution in [0.2, 0.25) is 5.15 Å².